The average Bonchev–Trinajstić information content (AvgIpc) is 2.36. The summed E-state index contributed by atoms with van der Waals surface area (Å²) in [5, 5.41) is 9.40. The Morgan fingerprint density at radius 1 is 1.35 bits per heavy atom. The van der Waals surface area contributed by atoms with Crippen LogP contribution in [0.15, 0.2) is 0 Å². The molecule has 1 aliphatic heterocycles. The summed E-state index contributed by atoms with van der Waals surface area (Å²) in [4.78, 5) is 13.7. The highest BCUT2D eigenvalue weighted by molar-refractivity contribution is 5.74. The molecular weight excluding hydrogens is 218 g/mol. The van der Waals surface area contributed by atoms with E-state index in [9.17, 15) is 9.90 Å². The molecule has 1 heterocycles. The number of ether oxygens (including phenoxy) is 1. The molecule has 0 saturated carbocycles. The first-order valence-electron chi connectivity index (χ1n) is 6.56. The molecule has 0 unspecified atom stereocenters. The zero-order valence-electron chi connectivity index (χ0n) is 11.2. The molecule has 1 saturated heterocycles. The number of methoxy groups -OCH3 is 1. The topological polar surface area (TPSA) is 49.8 Å². The van der Waals surface area contributed by atoms with Crippen LogP contribution in [0, 0.1) is 5.41 Å². The lowest BCUT2D eigenvalue weighted by Crippen LogP contribution is -2.46. The molecule has 1 rings (SSSR count). The Labute approximate surface area is 104 Å². The van der Waals surface area contributed by atoms with Gasteiger partial charge in [-0.3, -0.25) is 4.79 Å². The second-order valence-corrected chi connectivity index (χ2v) is 5.00. The summed E-state index contributed by atoms with van der Waals surface area (Å²) in [6.07, 6.45) is 3.78. The van der Waals surface area contributed by atoms with E-state index in [1.165, 1.54) is 0 Å². The van der Waals surface area contributed by atoms with Crippen LogP contribution >= 0.6 is 0 Å². The molecular formula is C13H25NO3. The maximum Gasteiger partial charge on any atom is 0.310 e. The highest BCUT2D eigenvalue weighted by Gasteiger charge is 2.37. The highest BCUT2D eigenvalue weighted by atomic mass is 16.5. The van der Waals surface area contributed by atoms with Gasteiger partial charge in [-0.05, 0) is 25.7 Å². The second kappa shape index (κ2) is 6.36. The first-order valence-corrected chi connectivity index (χ1v) is 6.56. The van der Waals surface area contributed by atoms with Crippen LogP contribution in [0.1, 0.15) is 39.5 Å². The zero-order valence-corrected chi connectivity index (χ0v) is 11.2. The van der Waals surface area contributed by atoms with Crippen molar-refractivity contribution in [3.05, 3.63) is 0 Å². The van der Waals surface area contributed by atoms with E-state index < -0.39 is 11.4 Å². The third kappa shape index (κ3) is 3.42. The summed E-state index contributed by atoms with van der Waals surface area (Å²) in [5.41, 5.74) is -0.570. The van der Waals surface area contributed by atoms with Crippen molar-refractivity contribution >= 4 is 5.97 Å². The lowest BCUT2D eigenvalue weighted by molar-refractivity contribution is -0.151. The molecule has 1 aliphatic rings. The van der Waals surface area contributed by atoms with E-state index in [1.807, 2.05) is 13.8 Å². The fraction of sp³-hybridized carbons (Fsp3) is 0.923. The summed E-state index contributed by atoms with van der Waals surface area (Å²) in [6.45, 7) is 6.52. The van der Waals surface area contributed by atoms with Gasteiger partial charge in [0.15, 0.2) is 0 Å². The van der Waals surface area contributed by atoms with Gasteiger partial charge in [-0.2, -0.15) is 0 Å². The lowest BCUT2D eigenvalue weighted by Gasteiger charge is -2.37. The van der Waals surface area contributed by atoms with Crippen LogP contribution in [0.3, 0.4) is 0 Å². The molecule has 0 radical (unpaired) electrons. The molecule has 0 amide bonds. The Hall–Kier alpha value is -0.610. The molecule has 4 nitrogen and oxygen atoms in total. The number of carboxylic acid groups (broad SMARTS) is 1. The zero-order chi connectivity index (χ0) is 12.9. The minimum Gasteiger partial charge on any atom is -0.481 e. The Morgan fingerprint density at radius 3 is 2.24 bits per heavy atom. The van der Waals surface area contributed by atoms with E-state index in [2.05, 4.69) is 4.90 Å². The third-order valence-corrected chi connectivity index (χ3v) is 4.20. The quantitative estimate of drug-likeness (QED) is 0.775. The van der Waals surface area contributed by atoms with Gasteiger partial charge in [-0.15, -0.1) is 0 Å². The molecule has 17 heavy (non-hydrogen) atoms. The van der Waals surface area contributed by atoms with Crippen molar-refractivity contribution in [2.75, 3.05) is 26.7 Å². The minimum absolute atomic E-state index is 0.355. The molecule has 0 bridgehead atoms. The Morgan fingerprint density at radius 2 is 1.88 bits per heavy atom. The van der Waals surface area contributed by atoms with E-state index in [0.717, 1.165) is 25.9 Å². The third-order valence-electron chi connectivity index (χ3n) is 4.20. The molecule has 0 aromatic carbocycles. The molecule has 1 fully saturated rings. The van der Waals surface area contributed by atoms with Crippen LogP contribution in [0.25, 0.3) is 0 Å². The molecule has 4 heteroatoms. The number of nitrogens with zero attached hydrogens (tertiary/aromatic N) is 1. The smallest absolute Gasteiger partial charge is 0.310 e. The Bertz CT molecular complexity index is 243. The lowest BCUT2D eigenvalue weighted by atomic mass is 9.81. The van der Waals surface area contributed by atoms with Gasteiger partial charge >= 0.3 is 5.97 Å². The van der Waals surface area contributed by atoms with Gasteiger partial charge in [0.1, 0.15) is 0 Å². The summed E-state index contributed by atoms with van der Waals surface area (Å²) in [7, 11) is 1.75. The largest absolute Gasteiger partial charge is 0.481 e. The number of likely N-dealkylation sites (tertiary alicyclic amines) is 1. The van der Waals surface area contributed by atoms with Crippen LogP contribution in [0.2, 0.25) is 0 Å². The van der Waals surface area contributed by atoms with Crippen LogP contribution < -0.4 is 0 Å². The normalized spacial score (nSPS) is 19.5. The maximum absolute atomic E-state index is 11.4. The van der Waals surface area contributed by atoms with Crippen molar-refractivity contribution in [2.24, 2.45) is 5.41 Å². The summed E-state index contributed by atoms with van der Waals surface area (Å²) in [5.74, 6) is -0.656. The van der Waals surface area contributed by atoms with Crippen LogP contribution in [-0.2, 0) is 9.53 Å². The Balaban J connectivity index is 2.55. The first kappa shape index (κ1) is 14.5. The number of hydrogen-bond acceptors (Lipinski definition) is 3. The fourth-order valence-electron chi connectivity index (χ4n) is 2.57. The number of rotatable bonds is 6. The maximum atomic E-state index is 11.4. The molecule has 1 N–H and O–H groups in total. The van der Waals surface area contributed by atoms with Gasteiger partial charge in [0, 0.05) is 26.7 Å². The van der Waals surface area contributed by atoms with Crippen LogP contribution in [-0.4, -0.2) is 48.8 Å². The van der Waals surface area contributed by atoms with Gasteiger partial charge in [-0.25, -0.2) is 0 Å². The summed E-state index contributed by atoms with van der Waals surface area (Å²) >= 11 is 0. The fourth-order valence-corrected chi connectivity index (χ4v) is 2.57. The van der Waals surface area contributed by atoms with Crippen molar-refractivity contribution in [1.29, 1.82) is 0 Å². The van der Waals surface area contributed by atoms with E-state index in [4.69, 9.17) is 4.74 Å². The second-order valence-electron chi connectivity index (χ2n) is 5.00. The van der Waals surface area contributed by atoms with Gasteiger partial charge in [0.25, 0.3) is 0 Å². The van der Waals surface area contributed by atoms with Crippen molar-refractivity contribution in [3.8, 4) is 0 Å². The standard InChI is InChI=1S/C13H25NO3/c1-4-13(5-2,12(15)16)10-14-8-6-11(17-3)7-9-14/h11H,4-10H2,1-3H3,(H,15,16). The SMILES string of the molecule is CCC(CC)(CN1CCC(OC)CC1)C(=O)O. The molecule has 0 spiro atoms. The number of hydrogen-bond donors (Lipinski definition) is 1. The van der Waals surface area contributed by atoms with Gasteiger partial charge in [0.2, 0.25) is 0 Å². The van der Waals surface area contributed by atoms with E-state index >= 15 is 0 Å². The predicted octanol–water partition coefficient (Wildman–Crippen LogP) is 1.99. The number of carbonyl (C=O) groups is 1. The Kier molecular flexibility index (Phi) is 5.40. The van der Waals surface area contributed by atoms with E-state index in [1.54, 1.807) is 7.11 Å². The summed E-state index contributed by atoms with van der Waals surface area (Å²) in [6, 6.07) is 0. The van der Waals surface area contributed by atoms with Crippen molar-refractivity contribution in [3.63, 3.8) is 0 Å². The van der Waals surface area contributed by atoms with Crippen LogP contribution in [0.5, 0.6) is 0 Å². The molecule has 0 aromatic heterocycles. The van der Waals surface area contributed by atoms with Gasteiger partial charge < -0.3 is 14.7 Å². The van der Waals surface area contributed by atoms with Gasteiger partial charge in [-0.1, -0.05) is 13.8 Å². The number of piperidine rings is 1. The first-order chi connectivity index (χ1) is 8.07. The molecule has 0 atom stereocenters. The highest BCUT2D eigenvalue weighted by Crippen LogP contribution is 2.29. The van der Waals surface area contributed by atoms with E-state index in [-0.39, 0.29) is 0 Å². The van der Waals surface area contributed by atoms with Gasteiger partial charge in [0.05, 0.1) is 11.5 Å². The minimum atomic E-state index is -0.656. The van der Waals surface area contributed by atoms with E-state index in [0.29, 0.717) is 25.5 Å². The summed E-state index contributed by atoms with van der Waals surface area (Å²) < 4.78 is 5.33. The number of carboxylic acids is 1. The average molecular weight is 243 g/mol. The number of aliphatic carboxylic acids is 1. The monoisotopic (exact) mass is 243 g/mol. The van der Waals surface area contributed by atoms with Crippen molar-refractivity contribution in [2.45, 2.75) is 45.6 Å². The van der Waals surface area contributed by atoms with Crippen molar-refractivity contribution in [1.82, 2.24) is 4.90 Å². The molecule has 0 aromatic rings. The molecule has 0 aliphatic carbocycles. The van der Waals surface area contributed by atoms with Crippen molar-refractivity contribution < 1.29 is 14.6 Å². The predicted molar refractivity (Wildman–Crippen MR) is 67.1 cm³/mol. The van der Waals surface area contributed by atoms with Crippen LogP contribution in [0.4, 0.5) is 0 Å². The molecule has 100 valence electrons.